The Morgan fingerprint density at radius 1 is 1.04 bits per heavy atom. The van der Waals surface area contributed by atoms with Crippen molar-refractivity contribution in [2.75, 3.05) is 0 Å². The molecular weight excluding hydrogens is 591 g/mol. The fraction of sp³-hybridized carbons (Fsp3) is 0.659. The molecule has 0 aliphatic heterocycles. The van der Waals surface area contributed by atoms with E-state index in [1.54, 1.807) is 6.08 Å². The summed E-state index contributed by atoms with van der Waals surface area (Å²) >= 11 is 0. The minimum Gasteiger partial charge on any atom is -0.313 e. The molecule has 4 heteroatoms. The molecule has 1 fully saturated rings. The maximum Gasteiger partial charge on any atom is 0.159 e. The zero-order valence-corrected chi connectivity index (χ0v) is 32.0. The van der Waals surface area contributed by atoms with Gasteiger partial charge in [-0.3, -0.25) is 4.79 Å². The number of carbonyl (C=O) groups excluding carboxylic acids is 1. The van der Waals surface area contributed by atoms with Gasteiger partial charge in [0.15, 0.2) is 5.78 Å². The van der Waals surface area contributed by atoms with Crippen LogP contribution in [0.2, 0.25) is 0 Å². The molecule has 268 valence electrons. The Balaban J connectivity index is 2.00. The van der Waals surface area contributed by atoms with Crippen molar-refractivity contribution in [1.82, 2.24) is 0 Å². The molecule has 2 rings (SSSR count). The van der Waals surface area contributed by atoms with Crippen LogP contribution in [0.25, 0.3) is 0 Å². The van der Waals surface area contributed by atoms with Crippen LogP contribution < -0.4 is 0 Å². The summed E-state index contributed by atoms with van der Waals surface area (Å²) in [5.41, 5.74) is 7.46. The SMILES string of the molecule is C=C(CC/C=C(/CCCC(=CCCC)[C@H](C)CCCCC(=O)/C(=C\C)C1(C)CC1C(=N)CCC)C1=C(F)C=C(C)C(C)C1)C(C)CC=N. The lowest BCUT2D eigenvalue weighted by Gasteiger charge is -2.23. The molecule has 4 unspecified atom stereocenters. The van der Waals surface area contributed by atoms with Crippen LogP contribution >= 0.6 is 0 Å². The second-order valence-corrected chi connectivity index (χ2v) is 15.2. The molecule has 2 N–H and O–H groups in total. The van der Waals surface area contributed by atoms with Crippen molar-refractivity contribution >= 4 is 17.7 Å². The van der Waals surface area contributed by atoms with E-state index in [2.05, 4.69) is 60.3 Å². The Morgan fingerprint density at radius 3 is 2.42 bits per heavy atom. The predicted octanol–water partition coefficient (Wildman–Crippen LogP) is 13.6. The molecular formula is C44H69FN2O. The maximum absolute atomic E-state index is 15.3. The number of hydrogen-bond acceptors (Lipinski definition) is 3. The summed E-state index contributed by atoms with van der Waals surface area (Å²) in [7, 11) is 0. The van der Waals surface area contributed by atoms with Crippen LogP contribution in [0.4, 0.5) is 4.39 Å². The molecule has 0 radical (unpaired) electrons. The van der Waals surface area contributed by atoms with Gasteiger partial charge in [0.25, 0.3) is 0 Å². The minimum atomic E-state index is -0.133. The average molecular weight is 661 g/mol. The predicted molar refractivity (Wildman–Crippen MR) is 207 cm³/mol. The van der Waals surface area contributed by atoms with E-state index in [9.17, 15) is 4.79 Å². The number of allylic oxidation sites excluding steroid dienone is 11. The third kappa shape index (κ3) is 12.4. The van der Waals surface area contributed by atoms with Gasteiger partial charge in [0.05, 0.1) is 0 Å². The zero-order valence-electron chi connectivity index (χ0n) is 32.0. The highest BCUT2D eigenvalue weighted by atomic mass is 19.1. The van der Waals surface area contributed by atoms with E-state index in [0.29, 0.717) is 24.2 Å². The van der Waals surface area contributed by atoms with Gasteiger partial charge >= 0.3 is 0 Å². The van der Waals surface area contributed by atoms with Gasteiger partial charge in [-0.15, -0.1) is 0 Å². The number of ketones is 1. The maximum atomic E-state index is 15.3. The van der Waals surface area contributed by atoms with Gasteiger partial charge in [-0.2, -0.15) is 0 Å². The standard InChI is InChI=1S/C44H69FN2O/c1-10-13-21-36(33(6)19-14-15-25-43(48)39(12-3)44(9)30-40(44)42(47)18-11-2)22-17-24-37(23-16-20-31(4)32(5)26-27-46)38-28-34(7)35(8)29-41(38)45/h12,21,23,27,29,32-34,40,46-47H,4,10-11,13-20,22,24-26,28,30H2,1-3,5-9H3/b36-21?,37-23-,39-12+,46-27?,47-42?/t32?,33-,34?,40?,44?/m1/s1. The van der Waals surface area contributed by atoms with Crippen molar-refractivity contribution in [2.24, 2.45) is 29.1 Å². The van der Waals surface area contributed by atoms with Crippen LogP contribution in [0.3, 0.4) is 0 Å². The number of nitrogens with one attached hydrogen (secondary N) is 2. The summed E-state index contributed by atoms with van der Waals surface area (Å²) in [4.78, 5) is 13.3. The fourth-order valence-corrected chi connectivity index (χ4v) is 7.52. The summed E-state index contributed by atoms with van der Waals surface area (Å²) in [6, 6.07) is 0. The van der Waals surface area contributed by atoms with Gasteiger partial charge in [0.2, 0.25) is 0 Å². The Bertz CT molecular complexity index is 1280. The van der Waals surface area contributed by atoms with Crippen molar-refractivity contribution in [1.29, 1.82) is 10.8 Å². The van der Waals surface area contributed by atoms with E-state index in [4.69, 9.17) is 10.8 Å². The smallest absolute Gasteiger partial charge is 0.159 e. The van der Waals surface area contributed by atoms with Crippen molar-refractivity contribution in [3.63, 3.8) is 0 Å². The summed E-state index contributed by atoms with van der Waals surface area (Å²) in [5, 5.41) is 15.8. The van der Waals surface area contributed by atoms with Gasteiger partial charge < -0.3 is 10.8 Å². The first-order chi connectivity index (χ1) is 22.8. The lowest BCUT2D eigenvalue weighted by Crippen LogP contribution is -2.16. The lowest BCUT2D eigenvalue weighted by molar-refractivity contribution is -0.116. The monoisotopic (exact) mass is 661 g/mol. The fourth-order valence-electron chi connectivity index (χ4n) is 7.52. The van der Waals surface area contributed by atoms with E-state index < -0.39 is 0 Å². The van der Waals surface area contributed by atoms with Crippen molar-refractivity contribution in [3.8, 4) is 0 Å². The number of carbonyl (C=O) groups is 1. The van der Waals surface area contributed by atoms with E-state index in [1.807, 2.05) is 19.9 Å². The van der Waals surface area contributed by atoms with Crippen LogP contribution in [-0.4, -0.2) is 17.7 Å². The second-order valence-electron chi connectivity index (χ2n) is 15.2. The third-order valence-corrected chi connectivity index (χ3v) is 11.3. The molecule has 0 heterocycles. The lowest BCUT2D eigenvalue weighted by atomic mass is 9.82. The first-order valence-corrected chi connectivity index (χ1v) is 19.2. The molecule has 0 aromatic carbocycles. The highest BCUT2D eigenvalue weighted by Gasteiger charge is 2.55. The Hall–Kier alpha value is -2.62. The second kappa shape index (κ2) is 20.8. The normalized spacial score (nSPS) is 23.1. The van der Waals surface area contributed by atoms with Crippen molar-refractivity contribution in [3.05, 3.63) is 70.1 Å². The number of Topliss-reactive ketones (excluding diaryl/α,β-unsaturated/α-hetero) is 1. The molecule has 48 heavy (non-hydrogen) atoms. The molecule has 0 aromatic rings. The van der Waals surface area contributed by atoms with Crippen LogP contribution in [0.15, 0.2) is 70.1 Å². The molecule has 0 spiro atoms. The summed E-state index contributed by atoms with van der Waals surface area (Å²) < 4.78 is 15.3. The third-order valence-electron chi connectivity index (χ3n) is 11.3. The highest BCUT2D eigenvalue weighted by Crippen LogP contribution is 2.58. The largest absolute Gasteiger partial charge is 0.313 e. The van der Waals surface area contributed by atoms with Crippen LogP contribution in [0.5, 0.6) is 0 Å². The molecule has 1 saturated carbocycles. The number of rotatable bonds is 24. The summed E-state index contributed by atoms with van der Waals surface area (Å²) in [6.45, 7) is 21.5. The molecule has 3 nitrogen and oxygen atoms in total. The van der Waals surface area contributed by atoms with Crippen LogP contribution in [-0.2, 0) is 4.79 Å². The number of hydrogen-bond donors (Lipinski definition) is 2. The van der Waals surface area contributed by atoms with Crippen LogP contribution in [0, 0.1) is 39.9 Å². The highest BCUT2D eigenvalue weighted by molar-refractivity contribution is 6.00. The van der Waals surface area contributed by atoms with Crippen molar-refractivity contribution < 1.29 is 9.18 Å². The zero-order chi connectivity index (χ0) is 35.9. The number of halogens is 1. The van der Waals surface area contributed by atoms with E-state index in [-0.39, 0.29) is 22.9 Å². The summed E-state index contributed by atoms with van der Waals surface area (Å²) in [6.07, 6.45) is 24.6. The van der Waals surface area contributed by atoms with Gasteiger partial charge in [-0.05, 0) is 138 Å². The van der Waals surface area contributed by atoms with Gasteiger partial charge in [0, 0.05) is 23.5 Å². The molecule has 0 saturated heterocycles. The van der Waals surface area contributed by atoms with Gasteiger partial charge in [-0.25, -0.2) is 4.39 Å². The molecule has 2 aliphatic carbocycles. The topological polar surface area (TPSA) is 64.8 Å². The van der Waals surface area contributed by atoms with Gasteiger partial charge in [0.1, 0.15) is 5.83 Å². The summed E-state index contributed by atoms with van der Waals surface area (Å²) in [5.74, 6) is 1.57. The molecule has 2 aliphatic rings. The Morgan fingerprint density at radius 2 is 1.77 bits per heavy atom. The first-order valence-electron chi connectivity index (χ1n) is 19.2. The average Bonchev–Trinajstić information content (AvgIpc) is 3.74. The first kappa shape index (κ1) is 41.6. The molecule has 0 bridgehead atoms. The van der Waals surface area contributed by atoms with Crippen LogP contribution in [0.1, 0.15) is 158 Å². The van der Waals surface area contributed by atoms with E-state index in [1.165, 1.54) is 11.8 Å². The van der Waals surface area contributed by atoms with E-state index in [0.717, 1.165) is 130 Å². The molecule has 0 amide bonds. The van der Waals surface area contributed by atoms with Gasteiger partial charge in [-0.1, -0.05) is 102 Å². The Labute approximate surface area is 294 Å². The number of unbranched alkanes of at least 4 members (excludes halogenated alkanes) is 2. The molecule has 5 atom stereocenters. The van der Waals surface area contributed by atoms with E-state index >= 15 is 4.39 Å². The quantitative estimate of drug-likeness (QED) is 0.0460. The van der Waals surface area contributed by atoms with Crippen molar-refractivity contribution in [2.45, 2.75) is 158 Å². The minimum absolute atomic E-state index is 0.0657. The molecule has 0 aromatic heterocycles. The Kier molecular flexibility index (Phi) is 18.0.